The Bertz CT molecular complexity index is 769. The van der Waals surface area contributed by atoms with Crippen molar-refractivity contribution in [1.82, 2.24) is 13.9 Å². The van der Waals surface area contributed by atoms with Crippen LogP contribution in [0.15, 0.2) is 23.4 Å². The summed E-state index contributed by atoms with van der Waals surface area (Å²) >= 11 is 12.9. The Kier molecular flexibility index (Phi) is 4.04. The molecular weight excluding hydrogens is 353 g/mol. The molecule has 1 atom stereocenters. The predicted octanol–water partition coefficient (Wildman–Crippen LogP) is 2.97. The molecule has 21 heavy (non-hydrogen) atoms. The van der Waals surface area contributed by atoms with Gasteiger partial charge in [0.15, 0.2) is 0 Å². The molecule has 1 unspecified atom stereocenters. The summed E-state index contributed by atoms with van der Waals surface area (Å²) in [5.41, 5.74) is 0. The standard InChI is InChI=1S/C12H13Cl2N3O2S2/c1-16-5-3-15-12(16)8-2-4-17(7-8)21(18,19)9-6-10(13)20-11(9)14/h3,5-6,8H,2,4,7H2,1H3. The molecule has 2 aromatic heterocycles. The first-order chi connectivity index (χ1) is 9.89. The summed E-state index contributed by atoms with van der Waals surface area (Å²) in [5, 5.41) is 0. The lowest BCUT2D eigenvalue weighted by Crippen LogP contribution is -2.28. The van der Waals surface area contributed by atoms with Crippen LogP contribution in [0.3, 0.4) is 0 Å². The molecule has 0 bridgehead atoms. The average Bonchev–Trinajstić information content (AvgIpc) is 3.09. The van der Waals surface area contributed by atoms with E-state index in [-0.39, 0.29) is 15.1 Å². The van der Waals surface area contributed by atoms with Crippen molar-refractivity contribution in [3.05, 3.63) is 33.0 Å². The van der Waals surface area contributed by atoms with Crippen LogP contribution in [0.2, 0.25) is 8.67 Å². The summed E-state index contributed by atoms with van der Waals surface area (Å²) in [5.74, 6) is 1.01. The van der Waals surface area contributed by atoms with E-state index in [0.717, 1.165) is 23.6 Å². The molecule has 9 heteroatoms. The minimum absolute atomic E-state index is 0.0969. The Morgan fingerprint density at radius 1 is 1.43 bits per heavy atom. The molecule has 0 aromatic carbocycles. The van der Waals surface area contributed by atoms with Crippen LogP contribution in [0.5, 0.6) is 0 Å². The van der Waals surface area contributed by atoms with Crippen LogP contribution in [0.4, 0.5) is 0 Å². The van der Waals surface area contributed by atoms with Crippen LogP contribution in [0.25, 0.3) is 0 Å². The van der Waals surface area contributed by atoms with Crippen LogP contribution in [-0.4, -0.2) is 35.4 Å². The smallest absolute Gasteiger partial charge is 0.245 e. The van der Waals surface area contributed by atoms with E-state index in [9.17, 15) is 8.42 Å². The molecule has 3 rings (SSSR count). The molecule has 0 spiro atoms. The molecule has 114 valence electrons. The topological polar surface area (TPSA) is 55.2 Å². The van der Waals surface area contributed by atoms with Gasteiger partial charge in [-0.05, 0) is 12.5 Å². The van der Waals surface area contributed by atoms with Crippen LogP contribution in [0.1, 0.15) is 18.2 Å². The summed E-state index contributed by atoms with van der Waals surface area (Å²) in [6, 6.07) is 1.41. The summed E-state index contributed by atoms with van der Waals surface area (Å²) in [6.45, 7) is 0.876. The maximum absolute atomic E-state index is 12.6. The van der Waals surface area contributed by atoms with E-state index < -0.39 is 10.0 Å². The van der Waals surface area contributed by atoms with Crippen molar-refractivity contribution in [1.29, 1.82) is 0 Å². The Hall–Kier alpha value is -0.600. The normalized spacial score (nSPS) is 20.2. The predicted molar refractivity (Wildman–Crippen MR) is 83.7 cm³/mol. The molecular formula is C12H13Cl2N3O2S2. The first kappa shape index (κ1) is 15.3. The van der Waals surface area contributed by atoms with E-state index in [1.54, 1.807) is 6.20 Å². The second kappa shape index (κ2) is 5.55. The number of hydrogen-bond donors (Lipinski definition) is 0. The van der Waals surface area contributed by atoms with E-state index in [4.69, 9.17) is 23.2 Å². The molecule has 0 N–H and O–H groups in total. The largest absolute Gasteiger partial charge is 0.338 e. The third-order valence-electron chi connectivity index (χ3n) is 3.62. The molecule has 2 aromatic rings. The first-order valence-electron chi connectivity index (χ1n) is 6.32. The Morgan fingerprint density at radius 3 is 2.76 bits per heavy atom. The fraction of sp³-hybridized carbons (Fsp3) is 0.417. The number of aromatic nitrogens is 2. The molecule has 1 saturated heterocycles. The van der Waals surface area contributed by atoms with E-state index in [2.05, 4.69) is 4.98 Å². The summed E-state index contributed by atoms with van der Waals surface area (Å²) < 4.78 is 29.2. The molecule has 0 aliphatic carbocycles. The van der Waals surface area contributed by atoms with Gasteiger partial charge in [-0.1, -0.05) is 23.2 Å². The lowest BCUT2D eigenvalue weighted by atomic mass is 10.1. The van der Waals surface area contributed by atoms with E-state index in [1.165, 1.54) is 10.4 Å². The second-order valence-electron chi connectivity index (χ2n) is 4.93. The van der Waals surface area contributed by atoms with Crippen molar-refractivity contribution in [2.75, 3.05) is 13.1 Å². The molecule has 1 aliphatic rings. The number of rotatable bonds is 3. The number of hydrogen-bond acceptors (Lipinski definition) is 4. The third-order valence-corrected chi connectivity index (χ3v) is 7.24. The molecule has 5 nitrogen and oxygen atoms in total. The van der Waals surface area contributed by atoms with Crippen LogP contribution in [0, 0.1) is 0 Å². The maximum atomic E-state index is 12.6. The van der Waals surface area contributed by atoms with Crippen molar-refractivity contribution in [2.24, 2.45) is 7.05 Å². The van der Waals surface area contributed by atoms with Gasteiger partial charge in [-0.2, -0.15) is 4.31 Å². The minimum atomic E-state index is -3.60. The lowest BCUT2D eigenvalue weighted by Gasteiger charge is -2.16. The molecule has 0 saturated carbocycles. The fourth-order valence-corrected chi connectivity index (χ4v) is 6.18. The zero-order valence-corrected chi connectivity index (χ0v) is 14.3. The van der Waals surface area contributed by atoms with Gasteiger partial charge in [0.1, 0.15) is 15.1 Å². The maximum Gasteiger partial charge on any atom is 0.245 e. The van der Waals surface area contributed by atoms with Crippen molar-refractivity contribution >= 4 is 44.6 Å². The SMILES string of the molecule is Cn1ccnc1C1CCN(S(=O)(=O)c2cc(Cl)sc2Cl)C1. The molecule has 3 heterocycles. The van der Waals surface area contributed by atoms with Crippen molar-refractivity contribution in [3.8, 4) is 0 Å². The van der Waals surface area contributed by atoms with Gasteiger partial charge in [-0.25, -0.2) is 13.4 Å². The van der Waals surface area contributed by atoms with E-state index in [1.807, 2.05) is 17.8 Å². The average molecular weight is 366 g/mol. The van der Waals surface area contributed by atoms with Gasteiger partial charge >= 0.3 is 0 Å². The molecule has 0 amide bonds. The monoisotopic (exact) mass is 365 g/mol. The van der Waals surface area contributed by atoms with Gasteiger partial charge in [0.2, 0.25) is 10.0 Å². The summed E-state index contributed by atoms with van der Waals surface area (Å²) in [4.78, 5) is 4.40. The quantitative estimate of drug-likeness (QED) is 0.839. The van der Waals surface area contributed by atoms with Crippen molar-refractivity contribution in [3.63, 3.8) is 0 Å². The van der Waals surface area contributed by atoms with Gasteiger partial charge in [0.25, 0.3) is 0 Å². The van der Waals surface area contributed by atoms with E-state index in [0.29, 0.717) is 17.4 Å². The highest BCUT2D eigenvalue weighted by molar-refractivity contribution is 7.89. The van der Waals surface area contributed by atoms with Gasteiger partial charge in [-0.15, -0.1) is 11.3 Å². The van der Waals surface area contributed by atoms with Crippen LogP contribution in [-0.2, 0) is 17.1 Å². The van der Waals surface area contributed by atoms with Crippen molar-refractivity contribution < 1.29 is 8.42 Å². The van der Waals surface area contributed by atoms with Crippen LogP contribution < -0.4 is 0 Å². The lowest BCUT2D eigenvalue weighted by molar-refractivity contribution is 0.470. The molecule has 0 radical (unpaired) electrons. The van der Waals surface area contributed by atoms with Gasteiger partial charge in [0, 0.05) is 38.4 Å². The van der Waals surface area contributed by atoms with Gasteiger partial charge in [0.05, 0.1) is 4.34 Å². The Morgan fingerprint density at radius 2 is 2.19 bits per heavy atom. The first-order valence-corrected chi connectivity index (χ1v) is 9.33. The number of sulfonamides is 1. The summed E-state index contributed by atoms with van der Waals surface area (Å²) in [6.07, 6.45) is 4.34. The van der Waals surface area contributed by atoms with Gasteiger partial charge in [-0.3, -0.25) is 0 Å². The van der Waals surface area contributed by atoms with Crippen molar-refractivity contribution in [2.45, 2.75) is 17.2 Å². The second-order valence-corrected chi connectivity index (χ2v) is 9.13. The van der Waals surface area contributed by atoms with E-state index >= 15 is 0 Å². The van der Waals surface area contributed by atoms with Crippen LogP contribution >= 0.6 is 34.5 Å². The summed E-state index contributed by atoms with van der Waals surface area (Å²) in [7, 11) is -1.68. The highest BCUT2D eigenvalue weighted by Gasteiger charge is 2.36. The highest BCUT2D eigenvalue weighted by Crippen LogP contribution is 2.38. The minimum Gasteiger partial charge on any atom is -0.338 e. The highest BCUT2D eigenvalue weighted by atomic mass is 35.5. The third kappa shape index (κ3) is 2.73. The molecule has 1 fully saturated rings. The number of aryl methyl sites for hydroxylation is 1. The number of imidazole rings is 1. The molecule has 1 aliphatic heterocycles. The zero-order valence-electron chi connectivity index (χ0n) is 11.2. The van der Waals surface area contributed by atoms with Gasteiger partial charge < -0.3 is 4.57 Å². The Labute approximate surface area is 137 Å². The number of nitrogens with zero attached hydrogens (tertiary/aromatic N) is 3. The Balaban J connectivity index is 1.86. The fourth-order valence-electron chi connectivity index (χ4n) is 2.57. The number of halogens is 2. The zero-order chi connectivity index (χ0) is 15.2. The number of thiophene rings is 1.